The zero-order valence-electron chi connectivity index (χ0n) is 11.5. The van der Waals surface area contributed by atoms with Crippen molar-refractivity contribution in [2.45, 2.75) is 12.6 Å². The fourth-order valence-corrected chi connectivity index (χ4v) is 2.66. The first-order chi connectivity index (χ1) is 10.0. The van der Waals surface area contributed by atoms with Crippen LogP contribution in [0.2, 0.25) is 0 Å². The Morgan fingerprint density at radius 2 is 2.38 bits per heavy atom. The molecule has 0 aromatic heterocycles. The molecule has 1 aromatic rings. The van der Waals surface area contributed by atoms with Crippen molar-refractivity contribution >= 4 is 27.5 Å². The van der Waals surface area contributed by atoms with Crippen LogP contribution in [0.3, 0.4) is 0 Å². The molecule has 1 fully saturated rings. The van der Waals surface area contributed by atoms with Gasteiger partial charge in [-0.15, -0.1) is 0 Å². The quantitative estimate of drug-likeness (QED) is 0.648. The Hall–Kier alpha value is -1.51. The van der Waals surface area contributed by atoms with Gasteiger partial charge in [0.25, 0.3) is 5.69 Å². The summed E-state index contributed by atoms with van der Waals surface area (Å²) >= 11 is 3.16. The van der Waals surface area contributed by atoms with E-state index in [0.29, 0.717) is 30.8 Å². The van der Waals surface area contributed by atoms with E-state index in [4.69, 9.17) is 4.74 Å². The molecule has 1 aliphatic heterocycles. The smallest absolute Gasteiger partial charge is 0.283 e. The number of benzene rings is 1. The van der Waals surface area contributed by atoms with Crippen molar-refractivity contribution in [3.8, 4) is 0 Å². The van der Waals surface area contributed by atoms with Gasteiger partial charge in [-0.3, -0.25) is 19.8 Å². The zero-order chi connectivity index (χ0) is 15.4. The van der Waals surface area contributed by atoms with Crippen LogP contribution in [0.1, 0.15) is 5.56 Å². The van der Waals surface area contributed by atoms with E-state index in [1.165, 1.54) is 6.07 Å². The van der Waals surface area contributed by atoms with E-state index in [0.717, 1.165) is 5.56 Å². The lowest BCUT2D eigenvalue weighted by Gasteiger charge is -2.34. The minimum Gasteiger partial charge on any atom is -0.378 e. The third-order valence-corrected chi connectivity index (χ3v) is 4.05. The molecule has 1 aliphatic rings. The van der Waals surface area contributed by atoms with Gasteiger partial charge in [0.15, 0.2) is 0 Å². The number of nitro groups is 1. The number of likely N-dealkylation sites (N-methyl/N-ethyl adjacent to an activating group) is 1. The van der Waals surface area contributed by atoms with Crippen LogP contribution >= 0.6 is 15.9 Å². The molecule has 1 heterocycles. The molecule has 0 bridgehead atoms. The van der Waals surface area contributed by atoms with Crippen LogP contribution in [0.4, 0.5) is 5.69 Å². The summed E-state index contributed by atoms with van der Waals surface area (Å²) in [7, 11) is 1.58. The number of carbonyl (C=O) groups excluding carboxylic acids is 1. The SMILES string of the molecule is CNC(=O)C1COCCN1Cc1ccc(Br)c([N+](=O)[O-])c1. The second-order valence-electron chi connectivity index (χ2n) is 4.72. The fourth-order valence-electron chi connectivity index (χ4n) is 2.27. The van der Waals surface area contributed by atoms with Crippen molar-refractivity contribution in [3.63, 3.8) is 0 Å². The largest absolute Gasteiger partial charge is 0.378 e. The van der Waals surface area contributed by atoms with Gasteiger partial charge < -0.3 is 10.1 Å². The predicted octanol–water partition coefficient (Wildman–Crippen LogP) is 1.30. The van der Waals surface area contributed by atoms with Crippen molar-refractivity contribution in [3.05, 3.63) is 38.3 Å². The maximum Gasteiger partial charge on any atom is 0.283 e. The number of nitrogens with one attached hydrogen (secondary N) is 1. The lowest BCUT2D eigenvalue weighted by atomic mass is 10.1. The Labute approximate surface area is 130 Å². The number of carbonyl (C=O) groups is 1. The van der Waals surface area contributed by atoms with Gasteiger partial charge in [0.1, 0.15) is 6.04 Å². The standard InChI is InChI=1S/C13H16BrN3O4/c1-15-13(18)12-8-21-5-4-16(12)7-9-2-3-10(14)11(6-9)17(19)20/h2-3,6,12H,4-5,7-8H2,1H3,(H,15,18). The van der Waals surface area contributed by atoms with Crippen molar-refractivity contribution < 1.29 is 14.5 Å². The first-order valence-corrected chi connectivity index (χ1v) is 7.28. The van der Waals surface area contributed by atoms with Gasteiger partial charge in [-0.1, -0.05) is 6.07 Å². The Morgan fingerprint density at radius 3 is 3.05 bits per heavy atom. The number of morpholine rings is 1. The lowest BCUT2D eigenvalue weighted by Crippen LogP contribution is -2.52. The summed E-state index contributed by atoms with van der Waals surface area (Å²) in [5, 5.41) is 13.6. The molecule has 2 rings (SSSR count). The molecule has 114 valence electrons. The molecule has 1 atom stereocenters. The first-order valence-electron chi connectivity index (χ1n) is 6.49. The molecule has 0 spiro atoms. The molecule has 1 saturated heterocycles. The highest BCUT2D eigenvalue weighted by Crippen LogP contribution is 2.26. The summed E-state index contributed by atoms with van der Waals surface area (Å²) < 4.78 is 5.78. The first kappa shape index (κ1) is 15.9. The summed E-state index contributed by atoms with van der Waals surface area (Å²) in [5.74, 6) is -0.110. The van der Waals surface area contributed by atoms with E-state index < -0.39 is 4.92 Å². The van der Waals surface area contributed by atoms with Gasteiger partial charge in [0, 0.05) is 26.2 Å². The van der Waals surface area contributed by atoms with E-state index in [2.05, 4.69) is 21.2 Å². The highest BCUT2D eigenvalue weighted by atomic mass is 79.9. The Morgan fingerprint density at radius 1 is 1.62 bits per heavy atom. The third-order valence-electron chi connectivity index (χ3n) is 3.38. The van der Waals surface area contributed by atoms with Crippen LogP contribution in [0, 0.1) is 10.1 Å². The molecule has 1 N–H and O–H groups in total. The highest BCUT2D eigenvalue weighted by molar-refractivity contribution is 9.10. The number of rotatable bonds is 4. The number of hydrogen-bond acceptors (Lipinski definition) is 5. The van der Waals surface area contributed by atoms with Crippen molar-refractivity contribution in [2.24, 2.45) is 0 Å². The maximum atomic E-state index is 11.8. The molecule has 1 amide bonds. The van der Waals surface area contributed by atoms with Crippen LogP contribution in [0.5, 0.6) is 0 Å². The number of ether oxygens (including phenoxy) is 1. The molecular weight excluding hydrogens is 342 g/mol. The third kappa shape index (κ3) is 3.78. The molecule has 21 heavy (non-hydrogen) atoms. The Balaban J connectivity index is 2.17. The average Bonchev–Trinajstić information content (AvgIpc) is 2.48. The Kier molecular flexibility index (Phi) is 5.27. The van der Waals surface area contributed by atoms with Gasteiger partial charge in [0.2, 0.25) is 5.91 Å². The zero-order valence-corrected chi connectivity index (χ0v) is 13.1. The van der Waals surface area contributed by atoms with Crippen LogP contribution in [-0.4, -0.2) is 48.6 Å². The summed E-state index contributed by atoms with van der Waals surface area (Å²) in [5.41, 5.74) is 0.818. The summed E-state index contributed by atoms with van der Waals surface area (Å²) in [4.78, 5) is 24.4. The molecule has 0 saturated carbocycles. The molecule has 0 aliphatic carbocycles. The van der Waals surface area contributed by atoms with Crippen LogP contribution < -0.4 is 5.32 Å². The van der Waals surface area contributed by atoms with Gasteiger partial charge in [-0.05, 0) is 27.6 Å². The van der Waals surface area contributed by atoms with Gasteiger partial charge in [-0.2, -0.15) is 0 Å². The number of nitro benzene ring substituents is 1. The van der Waals surface area contributed by atoms with E-state index in [1.54, 1.807) is 13.1 Å². The monoisotopic (exact) mass is 357 g/mol. The van der Waals surface area contributed by atoms with E-state index >= 15 is 0 Å². The second-order valence-corrected chi connectivity index (χ2v) is 5.57. The lowest BCUT2D eigenvalue weighted by molar-refractivity contribution is -0.385. The molecular formula is C13H16BrN3O4. The fraction of sp³-hybridized carbons (Fsp3) is 0.462. The number of nitrogens with zero attached hydrogens (tertiary/aromatic N) is 2. The normalized spacial score (nSPS) is 19.2. The van der Waals surface area contributed by atoms with Gasteiger partial charge in [-0.25, -0.2) is 0 Å². The number of halogens is 1. The van der Waals surface area contributed by atoms with E-state index in [-0.39, 0.29) is 17.6 Å². The molecule has 7 nitrogen and oxygen atoms in total. The minimum absolute atomic E-state index is 0.0252. The second kappa shape index (κ2) is 6.97. The van der Waals surface area contributed by atoms with Crippen molar-refractivity contribution in [1.82, 2.24) is 10.2 Å². The number of amides is 1. The van der Waals surface area contributed by atoms with E-state index in [1.807, 2.05) is 11.0 Å². The van der Waals surface area contributed by atoms with Crippen molar-refractivity contribution in [1.29, 1.82) is 0 Å². The van der Waals surface area contributed by atoms with Crippen LogP contribution in [0.15, 0.2) is 22.7 Å². The minimum atomic E-state index is -0.427. The summed E-state index contributed by atoms with van der Waals surface area (Å²) in [6.45, 7) is 1.96. The number of hydrogen-bond donors (Lipinski definition) is 1. The highest BCUT2D eigenvalue weighted by Gasteiger charge is 2.29. The Bertz CT molecular complexity index is 552. The van der Waals surface area contributed by atoms with E-state index in [9.17, 15) is 14.9 Å². The van der Waals surface area contributed by atoms with Gasteiger partial charge >= 0.3 is 0 Å². The molecule has 0 radical (unpaired) electrons. The molecule has 1 aromatic carbocycles. The van der Waals surface area contributed by atoms with Gasteiger partial charge in [0.05, 0.1) is 22.6 Å². The summed E-state index contributed by atoms with van der Waals surface area (Å²) in [6, 6.07) is 4.63. The van der Waals surface area contributed by atoms with Crippen molar-refractivity contribution in [2.75, 3.05) is 26.8 Å². The predicted molar refractivity (Wildman–Crippen MR) is 79.9 cm³/mol. The maximum absolute atomic E-state index is 11.8. The average molecular weight is 358 g/mol. The van der Waals surface area contributed by atoms with Crippen LogP contribution in [0.25, 0.3) is 0 Å². The topological polar surface area (TPSA) is 84.7 Å². The molecule has 1 unspecified atom stereocenters. The molecule has 8 heteroatoms. The summed E-state index contributed by atoms with van der Waals surface area (Å²) in [6.07, 6.45) is 0. The van der Waals surface area contributed by atoms with Crippen LogP contribution in [-0.2, 0) is 16.1 Å².